The number of likely N-dealkylation sites (tertiary alicyclic amines) is 1. The number of piperidine rings is 1. The number of amides is 2. The number of rotatable bonds is 2. The molecule has 1 saturated heterocycles. The first-order valence-electron chi connectivity index (χ1n) is 8.16. The summed E-state index contributed by atoms with van der Waals surface area (Å²) in [5, 5.41) is 2.86. The number of nitrogens with one attached hydrogen (secondary N) is 1. The normalized spacial score (nSPS) is 20.3. The fourth-order valence-electron chi connectivity index (χ4n) is 3.29. The first-order valence-corrected chi connectivity index (χ1v) is 8.16. The average Bonchev–Trinajstić information content (AvgIpc) is 2.53. The maximum absolute atomic E-state index is 13.1. The molecule has 1 spiro atoms. The van der Waals surface area contributed by atoms with Crippen molar-refractivity contribution in [2.24, 2.45) is 0 Å². The molecular formula is C18H23FN2O2. The van der Waals surface area contributed by atoms with Crippen LogP contribution in [0.3, 0.4) is 0 Å². The van der Waals surface area contributed by atoms with Crippen molar-refractivity contribution >= 4 is 6.03 Å². The monoisotopic (exact) mass is 318 g/mol. The van der Waals surface area contributed by atoms with Crippen LogP contribution in [0.25, 0.3) is 0 Å². The SMILES string of the molecule is CC1=CC2(CCN(C(=O)NCc3cccc(F)c3)CC2)OCC1. The maximum Gasteiger partial charge on any atom is 0.317 e. The lowest BCUT2D eigenvalue weighted by Crippen LogP contribution is -2.50. The van der Waals surface area contributed by atoms with Gasteiger partial charge in [0.1, 0.15) is 5.82 Å². The molecule has 0 unspecified atom stereocenters. The molecule has 2 aliphatic rings. The highest BCUT2D eigenvalue weighted by Crippen LogP contribution is 2.32. The van der Waals surface area contributed by atoms with Crippen LogP contribution in [0, 0.1) is 5.82 Å². The molecule has 4 nitrogen and oxygen atoms in total. The molecule has 23 heavy (non-hydrogen) atoms. The minimum Gasteiger partial charge on any atom is -0.370 e. The van der Waals surface area contributed by atoms with Crippen molar-refractivity contribution in [3.63, 3.8) is 0 Å². The van der Waals surface area contributed by atoms with Crippen LogP contribution in [-0.4, -0.2) is 36.2 Å². The van der Waals surface area contributed by atoms with E-state index in [1.54, 1.807) is 12.1 Å². The van der Waals surface area contributed by atoms with Crippen molar-refractivity contribution in [3.8, 4) is 0 Å². The Balaban J connectivity index is 1.51. The van der Waals surface area contributed by atoms with Gasteiger partial charge in [-0.05, 0) is 43.9 Å². The third-order valence-corrected chi connectivity index (χ3v) is 4.63. The first-order chi connectivity index (χ1) is 11.1. The Morgan fingerprint density at radius 2 is 2.17 bits per heavy atom. The van der Waals surface area contributed by atoms with E-state index in [2.05, 4.69) is 18.3 Å². The summed E-state index contributed by atoms with van der Waals surface area (Å²) in [6, 6.07) is 6.19. The number of ether oxygens (including phenoxy) is 1. The molecule has 1 aromatic carbocycles. The number of carbonyl (C=O) groups excluding carboxylic acids is 1. The van der Waals surface area contributed by atoms with Crippen LogP contribution in [0.5, 0.6) is 0 Å². The second-order valence-electron chi connectivity index (χ2n) is 6.43. The van der Waals surface area contributed by atoms with E-state index in [-0.39, 0.29) is 17.4 Å². The van der Waals surface area contributed by atoms with E-state index in [1.165, 1.54) is 17.7 Å². The Labute approximate surface area is 136 Å². The molecule has 5 heteroatoms. The van der Waals surface area contributed by atoms with E-state index in [1.807, 2.05) is 4.90 Å². The van der Waals surface area contributed by atoms with E-state index >= 15 is 0 Å². The van der Waals surface area contributed by atoms with Crippen molar-refractivity contribution in [2.75, 3.05) is 19.7 Å². The average molecular weight is 318 g/mol. The van der Waals surface area contributed by atoms with Crippen LogP contribution in [0.1, 0.15) is 31.7 Å². The summed E-state index contributed by atoms with van der Waals surface area (Å²) >= 11 is 0. The largest absolute Gasteiger partial charge is 0.370 e. The summed E-state index contributed by atoms with van der Waals surface area (Å²) in [6.07, 6.45) is 4.90. The zero-order chi connectivity index (χ0) is 16.3. The van der Waals surface area contributed by atoms with Gasteiger partial charge >= 0.3 is 6.03 Å². The van der Waals surface area contributed by atoms with Gasteiger partial charge in [-0.15, -0.1) is 0 Å². The number of urea groups is 1. The summed E-state index contributed by atoms with van der Waals surface area (Å²) in [6.45, 7) is 4.61. The zero-order valence-electron chi connectivity index (χ0n) is 13.5. The molecule has 2 amide bonds. The highest BCUT2D eigenvalue weighted by Gasteiger charge is 2.36. The van der Waals surface area contributed by atoms with Crippen LogP contribution < -0.4 is 5.32 Å². The maximum atomic E-state index is 13.1. The Morgan fingerprint density at radius 1 is 1.39 bits per heavy atom. The third kappa shape index (κ3) is 3.91. The number of hydrogen-bond donors (Lipinski definition) is 1. The van der Waals surface area contributed by atoms with Gasteiger partial charge in [-0.2, -0.15) is 0 Å². The summed E-state index contributed by atoms with van der Waals surface area (Å²) in [5.74, 6) is -0.284. The number of hydrogen-bond acceptors (Lipinski definition) is 2. The molecule has 0 aliphatic carbocycles. The van der Waals surface area contributed by atoms with Gasteiger partial charge in [0, 0.05) is 19.6 Å². The quantitative estimate of drug-likeness (QED) is 0.851. The summed E-state index contributed by atoms with van der Waals surface area (Å²) in [5.41, 5.74) is 1.96. The minimum atomic E-state index is -0.284. The molecule has 2 aliphatic heterocycles. The van der Waals surface area contributed by atoms with Gasteiger partial charge in [-0.3, -0.25) is 0 Å². The van der Waals surface area contributed by atoms with Crippen molar-refractivity contribution < 1.29 is 13.9 Å². The summed E-state index contributed by atoms with van der Waals surface area (Å²) in [7, 11) is 0. The molecule has 1 N–H and O–H groups in total. The third-order valence-electron chi connectivity index (χ3n) is 4.63. The van der Waals surface area contributed by atoms with Gasteiger partial charge in [0.15, 0.2) is 0 Å². The fraction of sp³-hybridized carbons (Fsp3) is 0.500. The molecule has 2 heterocycles. The van der Waals surface area contributed by atoms with Crippen molar-refractivity contribution in [3.05, 3.63) is 47.3 Å². The molecule has 0 radical (unpaired) electrons. The smallest absolute Gasteiger partial charge is 0.317 e. The van der Waals surface area contributed by atoms with Gasteiger partial charge in [0.2, 0.25) is 0 Å². The molecule has 0 aromatic heterocycles. The second-order valence-corrected chi connectivity index (χ2v) is 6.43. The van der Waals surface area contributed by atoms with E-state index in [0.29, 0.717) is 19.6 Å². The molecule has 0 bridgehead atoms. The predicted octanol–water partition coefficient (Wildman–Crippen LogP) is 3.24. The standard InChI is InChI=1S/C18H23FN2O2/c1-14-5-10-23-18(12-14)6-8-21(9-7-18)17(22)20-13-15-3-2-4-16(19)11-15/h2-4,11-12H,5-10,13H2,1H3,(H,20,22). The van der Waals surface area contributed by atoms with Crippen LogP contribution >= 0.6 is 0 Å². The lowest BCUT2D eigenvalue weighted by atomic mass is 9.87. The highest BCUT2D eigenvalue weighted by atomic mass is 19.1. The Bertz CT molecular complexity index is 607. The van der Waals surface area contributed by atoms with E-state index in [9.17, 15) is 9.18 Å². The number of halogens is 1. The molecule has 124 valence electrons. The molecule has 3 rings (SSSR count). The van der Waals surface area contributed by atoms with Gasteiger partial charge in [0.05, 0.1) is 12.2 Å². The lowest BCUT2D eigenvalue weighted by Gasteiger charge is -2.42. The van der Waals surface area contributed by atoms with E-state index in [4.69, 9.17) is 4.74 Å². The van der Waals surface area contributed by atoms with E-state index in [0.717, 1.165) is 31.4 Å². The first kappa shape index (κ1) is 16.0. The predicted molar refractivity (Wildman–Crippen MR) is 86.5 cm³/mol. The van der Waals surface area contributed by atoms with Crippen molar-refractivity contribution in [1.82, 2.24) is 10.2 Å². The molecule has 0 saturated carbocycles. The van der Waals surface area contributed by atoms with Crippen molar-refractivity contribution in [2.45, 2.75) is 38.3 Å². The Kier molecular flexibility index (Phi) is 4.66. The highest BCUT2D eigenvalue weighted by molar-refractivity contribution is 5.74. The summed E-state index contributed by atoms with van der Waals surface area (Å²) < 4.78 is 19.1. The van der Waals surface area contributed by atoms with Crippen LogP contribution in [0.15, 0.2) is 35.9 Å². The Hall–Kier alpha value is -1.88. The second kappa shape index (κ2) is 6.71. The zero-order valence-corrected chi connectivity index (χ0v) is 13.5. The topological polar surface area (TPSA) is 41.6 Å². The van der Waals surface area contributed by atoms with Gasteiger partial charge in [-0.25, -0.2) is 9.18 Å². The lowest BCUT2D eigenvalue weighted by molar-refractivity contribution is -0.0504. The number of carbonyl (C=O) groups is 1. The van der Waals surface area contributed by atoms with Crippen LogP contribution in [0.4, 0.5) is 9.18 Å². The Morgan fingerprint density at radius 3 is 2.87 bits per heavy atom. The van der Waals surface area contributed by atoms with Gasteiger partial charge < -0.3 is 15.0 Å². The molecule has 0 atom stereocenters. The van der Waals surface area contributed by atoms with Gasteiger partial charge in [0.25, 0.3) is 0 Å². The fourth-order valence-corrected chi connectivity index (χ4v) is 3.29. The number of nitrogens with zero attached hydrogens (tertiary/aromatic N) is 1. The van der Waals surface area contributed by atoms with Crippen LogP contribution in [0.2, 0.25) is 0 Å². The molecule has 1 fully saturated rings. The number of benzene rings is 1. The molecule has 1 aromatic rings. The van der Waals surface area contributed by atoms with Gasteiger partial charge in [-0.1, -0.05) is 23.8 Å². The van der Waals surface area contributed by atoms with Crippen LogP contribution in [-0.2, 0) is 11.3 Å². The molecular weight excluding hydrogens is 295 g/mol. The summed E-state index contributed by atoms with van der Waals surface area (Å²) in [4.78, 5) is 14.1. The van der Waals surface area contributed by atoms with Crippen molar-refractivity contribution in [1.29, 1.82) is 0 Å². The minimum absolute atomic E-state index is 0.0966. The van der Waals surface area contributed by atoms with E-state index < -0.39 is 0 Å².